The number of aromatic nitrogens is 1. The van der Waals surface area contributed by atoms with Gasteiger partial charge in [-0.3, -0.25) is 16.3 Å². The molecule has 0 bridgehead atoms. The van der Waals surface area contributed by atoms with Crippen molar-refractivity contribution in [1.82, 2.24) is 10.4 Å². The van der Waals surface area contributed by atoms with Crippen molar-refractivity contribution in [2.45, 2.75) is 39.2 Å². The van der Waals surface area contributed by atoms with E-state index in [0.717, 1.165) is 17.3 Å². The summed E-state index contributed by atoms with van der Waals surface area (Å²) >= 11 is 3.42. The molecule has 0 amide bonds. The molecule has 0 spiro atoms. The summed E-state index contributed by atoms with van der Waals surface area (Å²) in [7, 11) is 0. The molecule has 3 nitrogen and oxygen atoms in total. The first-order valence-electron chi connectivity index (χ1n) is 5.71. The average molecular weight is 286 g/mol. The van der Waals surface area contributed by atoms with Crippen LogP contribution in [0.1, 0.15) is 32.3 Å². The molecule has 0 saturated heterocycles. The number of rotatable bonds is 6. The molecular formula is C12H20BrN3. The van der Waals surface area contributed by atoms with Gasteiger partial charge < -0.3 is 0 Å². The lowest BCUT2D eigenvalue weighted by Gasteiger charge is -2.19. The molecule has 0 aliphatic rings. The Hall–Kier alpha value is -0.450. The third-order valence-electron chi connectivity index (χ3n) is 2.86. The molecule has 2 atom stereocenters. The first-order valence-corrected chi connectivity index (χ1v) is 6.50. The molecule has 0 fully saturated rings. The van der Waals surface area contributed by atoms with Gasteiger partial charge in [0.2, 0.25) is 0 Å². The van der Waals surface area contributed by atoms with Crippen molar-refractivity contribution in [2.75, 3.05) is 0 Å². The molecule has 0 aliphatic heterocycles. The van der Waals surface area contributed by atoms with Crippen LogP contribution >= 0.6 is 15.9 Å². The number of halogens is 1. The van der Waals surface area contributed by atoms with E-state index in [2.05, 4.69) is 46.3 Å². The molecule has 2 unspecified atom stereocenters. The summed E-state index contributed by atoms with van der Waals surface area (Å²) in [6, 6.07) is 2.42. The normalized spacial score (nSPS) is 14.8. The van der Waals surface area contributed by atoms with Gasteiger partial charge in [0.25, 0.3) is 0 Å². The molecule has 1 heterocycles. The summed E-state index contributed by atoms with van der Waals surface area (Å²) < 4.78 is 1.02. The maximum Gasteiger partial charge on any atom is 0.0410 e. The zero-order valence-electron chi connectivity index (χ0n) is 9.91. The standard InChI is InChI=1S/C12H20BrN3/c1-3-9(2)4-12(16-14)6-10-5-11(13)8-15-7-10/h5,7-9,12,16H,3-4,6,14H2,1-2H3. The van der Waals surface area contributed by atoms with E-state index in [-0.39, 0.29) is 0 Å². The minimum absolute atomic E-state index is 0.325. The lowest BCUT2D eigenvalue weighted by Crippen LogP contribution is -2.38. The van der Waals surface area contributed by atoms with E-state index in [9.17, 15) is 0 Å². The molecule has 1 aromatic heterocycles. The van der Waals surface area contributed by atoms with Crippen LogP contribution in [0.25, 0.3) is 0 Å². The topological polar surface area (TPSA) is 50.9 Å². The van der Waals surface area contributed by atoms with Crippen LogP contribution in [0, 0.1) is 5.92 Å². The molecule has 1 aromatic rings. The number of nitrogens with zero attached hydrogens (tertiary/aromatic N) is 1. The van der Waals surface area contributed by atoms with Crippen LogP contribution in [0.4, 0.5) is 0 Å². The number of nitrogens with two attached hydrogens (primary N) is 1. The van der Waals surface area contributed by atoms with Crippen LogP contribution in [0.5, 0.6) is 0 Å². The van der Waals surface area contributed by atoms with Crippen molar-refractivity contribution in [3.63, 3.8) is 0 Å². The summed E-state index contributed by atoms with van der Waals surface area (Å²) in [5.41, 5.74) is 4.10. The highest BCUT2D eigenvalue weighted by Gasteiger charge is 2.11. The fourth-order valence-electron chi connectivity index (χ4n) is 1.71. The van der Waals surface area contributed by atoms with Crippen molar-refractivity contribution in [3.8, 4) is 0 Å². The molecule has 1 rings (SSSR count). The molecular weight excluding hydrogens is 266 g/mol. The molecule has 16 heavy (non-hydrogen) atoms. The summed E-state index contributed by atoms with van der Waals surface area (Å²) in [5, 5.41) is 0. The maximum atomic E-state index is 5.58. The number of pyridine rings is 1. The SMILES string of the molecule is CCC(C)CC(Cc1cncc(Br)c1)NN. The van der Waals surface area contributed by atoms with Gasteiger partial charge in [0.1, 0.15) is 0 Å². The van der Waals surface area contributed by atoms with E-state index in [1.54, 1.807) is 6.20 Å². The fraction of sp³-hybridized carbons (Fsp3) is 0.583. The third-order valence-corrected chi connectivity index (χ3v) is 3.30. The van der Waals surface area contributed by atoms with E-state index in [1.165, 1.54) is 12.0 Å². The predicted octanol–water partition coefficient (Wildman–Crippen LogP) is 2.65. The lowest BCUT2D eigenvalue weighted by molar-refractivity contribution is 0.396. The molecule has 0 aliphatic carbocycles. The highest BCUT2D eigenvalue weighted by Crippen LogP contribution is 2.15. The van der Waals surface area contributed by atoms with Crippen LogP contribution in [-0.2, 0) is 6.42 Å². The molecule has 3 N–H and O–H groups in total. The van der Waals surface area contributed by atoms with Gasteiger partial charge in [-0.1, -0.05) is 20.3 Å². The second-order valence-corrected chi connectivity index (χ2v) is 5.24. The van der Waals surface area contributed by atoms with Gasteiger partial charge in [-0.05, 0) is 46.3 Å². The Morgan fingerprint density at radius 3 is 2.81 bits per heavy atom. The fourth-order valence-corrected chi connectivity index (χ4v) is 2.13. The number of hydrogen-bond donors (Lipinski definition) is 2. The molecule has 0 radical (unpaired) electrons. The second-order valence-electron chi connectivity index (χ2n) is 4.33. The molecule has 0 saturated carbocycles. The highest BCUT2D eigenvalue weighted by atomic mass is 79.9. The van der Waals surface area contributed by atoms with Crippen LogP contribution in [0.15, 0.2) is 22.9 Å². The van der Waals surface area contributed by atoms with Gasteiger partial charge in [0.15, 0.2) is 0 Å². The molecule has 90 valence electrons. The van der Waals surface area contributed by atoms with Crippen molar-refractivity contribution >= 4 is 15.9 Å². The van der Waals surface area contributed by atoms with E-state index >= 15 is 0 Å². The van der Waals surface area contributed by atoms with Gasteiger partial charge in [0, 0.05) is 22.9 Å². The van der Waals surface area contributed by atoms with Crippen LogP contribution in [0.2, 0.25) is 0 Å². The first-order chi connectivity index (χ1) is 7.65. The van der Waals surface area contributed by atoms with E-state index in [4.69, 9.17) is 5.84 Å². The van der Waals surface area contributed by atoms with Crippen molar-refractivity contribution < 1.29 is 0 Å². The van der Waals surface area contributed by atoms with Crippen molar-refractivity contribution in [3.05, 3.63) is 28.5 Å². The predicted molar refractivity (Wildman–Crippen MR) is 70.8 cm³/mol. The largest absolute Gasteiger partial charge is 0.271 e. The van der Waals surface area contributed by atoms with Crippen molar-refractivity contribution in [1.29, 1.82) is 0 Å². The lowest BCUT2D eigenvalue weighted by atomic mass is 9.95. The Kier molecular flexibility index (Phi) is 5.95. The van der Waals surface area contributed by atoms with Gasteiger partial charge in [-0.2, -0.15) is 0 Å². The summed E-state index contributed by atoms with van der Waals surface area (Å²) in [6.45, 7) is 4.46. The Labute approximate surface area is 106 Å². The Balaban J connectivity index is 2.56. The smallest absolute Gasteiger partial charge is 0.0410 e. The Morgan fingerprint density at radius 1 is 1.50 bits per heavy atom. The van der Waals surface area contributed by atoms with Crippen LogP contribution in [0.3, 0.4) is 0 Å². The molecule has 4 heteroatoms. The van der Waals surface area contributed by atoms with Gasteiger partial charge >= 0.3 is 0 Å². The second kappa shape index (κ2) is 6.99. The van der Waals surface area contributed by atoms with Crippen molar-refractivity contribution in [2.24, 2.45) is 11.8 Å². The number of hydrazine groups is 1. The average Bonchev–Trinajstić information content (AvgIpc) is 2.28. The maximum absolute atomic E-state index is 5.58. The molecule has 0 aromatic carbocycles. The number of hydrogen-bond acceptors (Lipinski definition) is 3. The van der Waals surface area contributed by atoms with Gasteiger partial charge in [0.05, 0.1) is 0 Å². The summed E-state index contributed by atoms with van der Waals surface area (Å²) in [6.07, 6.45) is 6.90. The number of nitrogens with one attached hydrogen (secondary N) is 1. The third kappa shape index (κ3) is 4.60. The van der Waals surface area contributed by atoms with Gasteiger partial charge in [-0.15, -0.1) is 0 Å². The van der Waals surface area contributed by atoms with E-state index in [0.29, 0.717) is 12.0 Å². The van der Waals surface area contributed by atoms with E-state index in [1.807, 2.05) is 6.20 Å². The van der Waals surface area contributed by atoms with Crippen LogP contribution in [-0.4, -0.2) is 11.0 Å². The Bertz CT molecular complexity index is 317. The Morgan fingerprint density at radius 2 is 2.25 bits per heavy atom. The summed E-state index contributed by atoms with van der Waals surface area (Å²) in [5.74, 6) is 6.28. The van der Waals surface area contributed by atoms with Crippen LogP contribution < -0.4 is 11.3 Å². The highest BCUT2D eigenvalue weighted by molar-refractivity contribution is 9.10. The zero-order valence-corrected chi connectivity index (χ0v) is 11.5. The monoisotopic (exact) mass is 285 g/mol. The minimum Gasteiger partial charge on any atom is -0.271 e. The van der Waals surface area contributed by atoms with Gasteiger partial charge in [-0.25, -0.2) is 0 Å². The van der Waals surface area contributed by atoms with E-state index < -0.39 is 0 Å². The quantitative estimate of drug-likeness (QED) is 0.624. The summed E-state index contributed by atoms with van der Waals surface area (Å²) in [4.78, 5) is 4.16. The zero-order chi connectivity index (χ0) is 12.0. The first kappa shape index (κ1) is 13.6. The minimum atomic E-state index is 0.325.